The van der Waals surface area contributed by atoms with Crippen molar-refractivity contribution in [1.29, 1.82) is 5.26 Å². The number of nitrogens with one attached hydrogen (secondary N) is 1. The number of nitriles is 1. The summed E-state index contributed by atoms with van der Waals surface area (Å²) in [5, 5.41) is 12.8. The van der Waals surface area contributed by atoms with Gasteiger partial charge in [-0.1, -0.05) is 6.07 Å². The van der Waals surface area contributed by atoms with Gasteiger partial charge in [-0.3, -0.25) is 9.78 Å². The van der Waals surface area contributed by atoms with E-state index in [4.69, 9.17) is 0 Å². The number of halogens is 5. The van der Waals surface area contributed by atoms with Gasteiger partial charge in [-0.2, -0.15) is 18.4 Å². The van der Waals surface area contributed by atoms with Crippen LogP contribution in [0, 0.1) is 23.0 Å². The van der Waals surface area contributed by atoms with Gasteiger partial charge in [-0.15, -0.1) is 0 Å². The number of likely N-dealkylation sites (tertiary alicyclic amines) is 1. The predicted octanol–water partition coefficient (Wildman–Crippen LogP) is 5.28. The number of carbonyl (C=O) groups excluding carboxylic acids is 1. The van der Waals surface area contributed by atoms with E-state index in [1.165, 1.54) is 18.2 Å². The number of nitrogens with zero attached hydrogens (tertiary/aromatic N) is 4. The normalized spacial score (nSPS) is 19.1. The van der Waals surface area contributed by atoms with E-state index in [1.54, 1.807) is 18.3 Å². The van der Waals surface area contributed by atoms with Crippen LogP contribution in [0.15, 0.2) is 54.7 Å². The van der Waals surface area contributed by atoms with Crippen LogP contribution in [0.5, 0.6) is 0 Å². The molecule has 1 aromatic heterocycles. The first-order valence-electron chi connectivity index (χ1n) is 13.3. The van der Waals surface area contributed by atoms with E-state index >= 15 is 0 Å². The number of aromatic nitrogens is 1. The molecule has 2 aromatic carbocycles. The number of benzene rings is 2. The topological polar surface area (TPSA) is 72.3 Å². The number of alkyl halides is 3. The van der Waals surface area contributed by atoms with E-state index in [0.717, 1.165) is 31.2 Å². The van der Waals surface area contributed by atoms with Crippen LogP contribution in [0.2, 0.25) is 0 Å². The fraction of sp³-hybridized carbons (Fsp3) is 0.367. The molecule has 1 atom stereocenters. The Bertz CT molecular complexity index is 1460. The van der Waals surface area contributed by atoms with Gasteiger partial charge in [0.1, 0.15) is 17.7 Å². The number of rotatable bonds is 5. The number of anilines is 1. The first kappa shape index (κ1) is 28.5. The molecule has 1 N–H and O–H groups in total. The molecule has 2 aliphatic rings. The summed E-state index contributed by atoms with van der Waals surface area (Å²) < 4.78 is 67.2. The van der Waals surface area contributed by atoms with Gasteiger partial charge in [0.2, 0.25) is 5.91 Å². The van der Waals surface area contributed by atoms with Gasteiger partial charge in [0.05, 0.1) is 27.9 Å². The molecule has 0 bridgehead atoms. The van der Waals surface area contributed by atoms with Crippen LogP contribution in [0.4, 0.5) is 27.6 Å². The van der Waals surface area contributed by atoms with Crippen LogP contribution in [0.3, 0.4) is 0 Å². The number of carbonyl (C=O) groups is 1. The number of hydrogen-bond acceptors (Lipinski definition) is 5. The van der Waals surface area contributed by atoms with E-state index < -0.39 is 28.8 Å². The second kappa shape index (κ2) is 11.1. The van der Waals surface area contributed by atoms with Gasteiger partial charge in [0, 0.05) is 43.5 Å². The van der Waals surface area contributed by atoms with Crippen molar-refractivity contribution < 1.29 is 26.7 Å². The summed E-state index contributed by atoms with van der Waals surface area (Å²) in [7, 11) is 1.98. The summed E-state index contributed by atoms with van der Waals surface area (Å²) >= 11 is 0. The summed E-state index contributed by atoms with van der Waals surface area (Å²) in [6.07, 6.45) is -1.56. The van der Waals surface area contributed by atoms with Crippen LogP contribution in [-0.4, -0.2) is 55.1 Å². The maximum absolute atomic E-state index is 13.9. The molecule has 2 saturated heterocycles. The number of likely N-dealkylation sites (N-methyl/N-ethyl adjacent to an activating group) is 1. The fourth-order valence-electron chi connectivity index (χ4n) is 5.78. The lowest BCUT2D eigenvalue weighted by Gasteiger charge is -2.42. The highest BCUT2D eigenvalue weighted by molar-refractivity contribution is 5.89. The van der Waals surface area contributed by atoms with Crippen molar-refractivity contribution >= 4 is 11.6 Å². The molecule has 0 unspecified atom stereocenters. The summed E-state index contributed by atoms with van der Waals surface area (Å²) in [4.78, 5) is 22.3. The van der Waals surface area contributed by atoms with Crippen molar-refractivity contribution in [2.24, 2.45) is 0 Å². The largest absolute Gasteiger partial charge is 0.416 e. The first-order chi connectivity index (χ1) is 19.5. The van der Waals surface area contributed by atoms with Crippen molar-refractivity contribution in [3.63, 3.8) is 0 Å². The molecule has 5 rings (SSSR count). The summed E-state index contributed by atoms with van der Waals surface area (Å²) in [6.45, 7) is 2.20. The Labute approximate surface area is 234 Å². The van der Waals surface area contributed by atoms with Crippen molar-refractivity contribution in [2.45, 2.75) is 36.9 Å². The minimum Gasteiger partial charge on any atom is -0.370 e. The molecule has 41 heavy (non-hydrogen) atoms. The second-order valence-electron chi connectivity index (χ2n) is 10.7. The van der Waals surface area contributed by atoms with Gasteiger partial charge in [0.15, 0.2) is 0 Å². The van der Waals surface area contributed by atoms with E-state index in [-0.39, 0.29) is 23.1 Å². The molecule has 0 saturated carbocycles. The molecular weight excluding hydrogens is 541 g/mol. The molecule has 2 fully saturated rings. The Hall–Kier alpha value is -4.04. The van der Waals surface area contributed by atoms with E-state index in [1.807, 2.05) is 18.0 Å². The zero-order chi connectivity index (χ0) is 29.4. The summed E-state index contributed by atoms with van der Waals surface area (Å²) in [5.41, 5.74) is -0.338. The molecule has 0 aliphatic carbocycles. The van der Waals surface area contributed by atoms with Crippen LogP contribution >= 0.6 is 0 Å². The Kier molecular flexibility index (Phi) is 7.70. The molecule has 2 aliphatic heterocycles. The second-order valence-corrected chi connectivity index (χ2v) is 10.7. The van der Waals surface area contributed by atoms with E-state index in [2.05, 4.69) is 15.2 Å². The Morgan fingerprint density at radius 2 is 1.76 bits per heavy atom. The van der Waals surface area contributed by atoms with Crippen LogP contribution in [0.25, 0.3) is 11.3 Å². The molecular formula is C30H28F5N5O. The third-order valence-corrected chi connectivity index (χ3v) is 8.04. The molecule has 11 heteroatoms. The Balaban J connectivity index is 1.44. The third-order valence-electron chi connectivity index (χ3n) is 8.04. The van der Waals surface area contributed by atoms with Gasteiger partial charge in [0.25, 0.3) is 0 Å². The third kappa shape index (κ3) is 5.88. The fourth-order valence-corrected chi connectivity index (χ4v) is 5.78. The average Bonchev–Trinajstić information content (AvgIpc) is 3.36. The minimum atomic E-state index is -4.57. The molecule has 214 valence electrons. The number of piperidine rings is 1. The molecule has 0 radical (unpaired) electrons. The monoisotopic (exact) mass is 569 g/mol. The molecule has 6 nitrogen and oxygen atoms in total. The average molecular weight is 570 g/mol. The van der Waals surface area contributed by atoms with E-state index in [0.29, 0.717) is 49.4 Å². The number of amides is 1. The van der Waals surface area contributed by atoms with Gasteiger partial charge < -0.3 is 15.1 Å². The van der Waals surface area contributed by atoms with E-state index in [9.17, 15) is 32.0 Å². The maximum atomic E-state index is 13.9. The van der Waals surface area contributed by atoms with Gasteiger partial charge in [-0.25, -0.2) is 8.78 Å². The lowest BCUT2D eigenvalue weighted by molar-refractivity contribution is -0.137. The van der Waals surface area contributed by atoms with Crippen molar-refractivity contribution in [3.8, 4) is 17.3 Å². The molecule has 3 heterocycles. The lowest BCUT2D eigenvalue weighted by atomic mass is 9.72. The smallest absolute Gasteiger partial charge is 0.370 e. The quantitative estimate of drug-likeness (QED) is 0.424. The zero-order valence-corrected chi connectivity index (χ0v) is 22.3. The number of hydrogen-bond donors (Lipinski definition) is 1. The van der Waals surface area contributed by atoms with Crippen LogP contribution in [0.1, 0.15) is 36.0 Å². The summed E-state index contributed by atoms with van der Waals surface area (Å²) in [5.74, 6) is -1.62. The van der Waals surface area contributed by atoms with Crippen molar-refractivity contribution in [1.82, 2.24) is 15.2 Å². The summed E-state index contributed by atoms with van der Waals surface area (Å²) in [6, 6.07) is 11.5. The van der Waals surface area contributed by atoms with Gasteiger partial charge >= 0.3 is 6.18 Å². The minimum absolute atomic E-state index is 0.0231. The Morgan fingerprint density at radius 3 is 2.32 bits per heavy atom. The Morgan fingerprint density at radius 1 is 1.05 bits per heavy atom. The molecule has 1 amide bonds. The standard InChI is InChI=1S/C30H28F5N5O/c1-39-9-6-25(18-39)38-28(41)29(22-2-4-26(37-17-22)19-13-23(31)15-24(32)14-19)7-10-40(11-8-29)27-5-3-21(30(33,34)35)12-20(27)16-36/h2-5,12-15,17,25H,6-11,18H2,1H3,(H,38,41)/t25-/m1/s1. The highest BCUT2D eigenvalue weighted by atomic mass is 19.4. The lowest BCUT2D eigenvalue weighted by Crippen LogP contribution is -2.54. The molecule has 3 aromatic rings. The number of pyridine rings is 1. The maximum Gasteiger partial charge on any atom is 0.416 e. The highest BCUT2D eigenvalue weighted by Gasteiger charge is 2.44. The SMILES string of the molecule is CN1CC[C@@H](NC(=O)C2(c3ccc(-c4cc(F)cc(F)c4)nc3)CCN(c3ccc(C(F)(F)F)cc3C#N)CC2)C1. The van der Waals surface area contributed by atoms with Crippen molar-refractivity contribution in [2.75, 3.05) is 38.1 Å². The van der Waals surface area contributed by atoms with Crippen LogP contribution in [-0.2, 0) is 16.4 Å². The highest BCUT2D eigenvalue weighted by Crippen LogP contribution is 2.40. The van der Waals surface area contributed by atoms with Crippen molar-refractivity contribution in [3.05, 3.63) is 83.1 Å². The first-order valence-corrected chi connectivity index (χ1v) is 13.3. The van der Waals surface area contributed by atoms with Crippen LogP contribution < -0.4 is 10.2 Å². The zero-order valence-electron chi connectivity index (χ0n) is 22.3. The van der Waals surface area contributed by atoms with Gasteiger partial charge in [-0.05, 0) is 74.8 Å². The molecule has 0 spiro atoms. The predicted molar refractivity (Wildman–Crippen MR) is 143 cm³/mol.